The normalized spacial score (nSPS) is 15.3. The second kappa shape index (κ2) is 20.5. The molecule has 2 heterocycles. The molecule has 3 heteroatoms. The second-order valence-corrected chi connectivity index (χ2v) is 23.4. The van der Waals surface area contributed by atoms with Crippen molar-refractivity contribution < 1.29 is 0 Å². The number of aliphatic imine (C=N–C) groups is 1. The Kier molecular flexibility index (Phi) is 12.7. The number of para-hydroxylation sites is 3. The smallest absolute Gasteiger partial charge is 0.0778 e. The van der Waals surface area contributed by atoms with Crippen LogP contribution in [-0.2, 0) is 6.42 Å². The summed E-state index contributed by atoms with van der Waals surface area (Å²) < 4.78 is 5.19. The molecule has 2 nitrogen and oxygen atoms in total. The maximum atomic E-state index is 6.35. The van der Waals surface area contributed by atoms with Crippen molar-refractivity contribution >= 4 is 80.6 Å². The number of aromatic nitrogens is 1. The van der Waals surface area contributed by atoms with Crippen molar-refractivity contribution in [3.8, 4) is 27.9 Å². The Balaban J connectivity index is 0.992. The predicted molar refractivity (Wildman–Crippen MR) is 340 cm³/mol. The quantitative estimate of drug-likeness (QED) is 0.109. The largest absolute Gasteiger partial charge is 0.309 e. The average Bonchev–Trinajstić information content (AvgIpc) is 4.15. The maximum Gasteiger partial charge on any atom is 0.0778 e. The van der Waals surface area contributed by atoms with Crippen molar-refractivity contribution in [2.24, 2.45) is 16.8 Å². The topological polar surface area (TPSA) is 17.3 Å². The fourth-order valence-corrected chi connectivity index (χ4v) is 15.0. The Bertz CT molecular complexity index is 4450. The molecule has 0 N–H and O–H groups in total. The molecule has 4 unspecified atom stereocenters. The van der Waals surface area contributed by atoms with Crippen LogP contribution in [0.5, 0.6) is 0 Å². The van der Waals surface area contributed by atoms with E-state index in [4.69, 9.17) is 4.99 Å². The fourth-order valence-electron chi connectivity index (χ4n) is 13.8. The monoisotopic (exact) mass is 1040 g/mol. The molecule has 11 aromatic carbocycles. The SMILES string of the molecule is CCC(C)C(/N=C(/c1ccc(-c2ccccc2)cc1)[C@@H](CC)C(C)c1cccc2c3ccccc3n(-c3ccccc3)c12)c1cc(C2CCc3cc4ccccc4cc3-c3ccc4ccccc4c32)c2c(c1)sc1ccccc12. The van der Waals surface area contributed by atoms with Crippen molar-refractivity contribution in [3.63, 3.8) is 0 Å². The molecule has 1 aliphatic rings. The number of thiophene rings is 1. The summed E-state index contributed by atoms with van der Waals surface area (Å²) in [7, 11) is 0. The second-order valence-electron chi connectivity index (χ2n) is 22.3. The highest BCUT2D eigenvalue weighted by molar-refractivity contribution is 7.25. The summed E-state index contributed by atoms with van der Waals surface area (Å²) in [4.78, 5) is 6.35. The average molecular weight is 1040 g/mol. The molecule has 2 aromatic heterocycles. The van der Waals surface area contributed by atoms with E-state index in [1.807, 2.05) is 11.3 Å². The van der Waals surface area contributed by atoms with Crippen molar-refractivity contribution in [2.45, 2.75) is 71.3 Å². The van der Waals surface area contributed by atoms with E-state index >= 15 is 0 Å². The molecule has 14 rings (SSSR count). The van der Waals surface area contributed by atoms with Crippen LogP contribution in [0.1, 0.15) is 98.2 Å². The minimum Gasteiger partial charge on any atom is -0.309 e. The minimum absolute atomic E-state index is 0.101. The van der Waals surface area contributed by atoms with Crippen LogP contribution < -0.4 is 0 Å². The maximum absolute atomic E-state index is 6.35. The van der Waals surface area contributed by atoms with Crippen molar-refractivity contribution in [2.75, 3.05) is 0 Å². The fraction of sp³-hybridized carbons (Fsp3) is 0.171. The first-order valence-electron chi connectivity index (χ1n) is 28.7. The summed E-state index contributed by atoms with van der Waals surface area (Å²) in [5.74, 6) is 0.627. The van der Waals surface area contributed by atoms with Crippen LogP contribution >= 0.6 is 11.3 Å². The highest BCUT2D eigenvalue weighted by Gasteiger charge is 2.33. The zero-order chi connectivity index (χ0) is 53.1. The first-order valence-corrected chi connectivity index (χ1v) is 29.6. The number of rotatable bonds is 12. The van der Waals surface area contributed by atoms with Crippen LogP contribution in [0, 0.1) is 11.8 Å². The molecule has 0 spiro atoms. The third-order valence-corrected chi connectivity index (χ3v) is 19.0. The van der Waals surface area contributed by atoms with Gasteiger partial charge in [0, 0.05) is 54.2 Å². The molecular weight excluding hydrogens is 973 g/mol. The number of hydrogen-bond donors (Lipinski definition) is 0. The van der Waals surface area contributed by atoms with Crippen LogP contribution in [-0.4, -0.2) is 10.3 Å². The zero-order valence-electron chi connectivity index (χ0n) is 45.5. The van der Waals surface area contributed by atoms with Gasteiger partial charge in [-0.15, -0.1) is 11.3 Å². The van der Waals surface area contributed by atoms with Gasteiger partial charge in [0.25, 0.3) is 0 Å². The van der Waals surface area contributed by atoms with Gasteiger partial charge in [0.15, 0.2) is 0 Å². The lowest BCUT2D eigenvalue weighted by Gasteiger charge is -2.30. The van der Waals surface area contributed by atoms with Gasteiger partial charge in [0.1, 0.15) is 0 Å². The van der Waals surface area contributed by atoms with Gasteiger partial charge in [0.2, 0.25) is 0 Å². The van der Waals surface area contributed by atoms with E-state index in [1.54, 1.807) is 0 Å². The summed E-state index contributed by atoms with van der Waals surface area (Å²) in [6.07, 6.45) is 3.92. The Labute approximate surface area is 468 Å². The lowest BCUT2D eigenvalue weighted by Crippen LogP contribution is -2.24. The first-order chi connectivity index (χ1) is 38.9. The molecule has 0 fully saturated rings. The van der Waals surface area contributed by atoms with Crippen molar-refractivity contribution in [1.29, 1.82) is 0 Å². The van der Waals surface area contributed by atoms with Gasteiger partial charge in [-0.25, -0.2) is 0 Å². The van der Waals surface area contributed by atoms with Gasteiger partial charge in [-0.1, -0.05) is 234 Å². The van der Waals surface area contributed by atoms with E-state index in [0.29, 0.717) is 0 Å². The summed E-state index contributed by atoms with van der Waals surface area (Å²) in [6, 6.07) is 89.0. The molecule has 1 aliphatic carbocycles. The van der Waals surface area contributed by atoms with E-state index in [1.165, 1.54) is 131 Å². The van der Waals surface area contributed by atoms with Crippen molar-refractivity contribution in [1.82, 2.24) is 4.57 Å². The molecule has 79 heavy (non-hydrogen) atoms. The van der Waals surface area contributed by atoms with Crippen LogP contribution in [0.2, 0.25) is 0 Å². The van der Waals surface area contributed by atoms with E-state index in [0.717, 1.165) is 25.7 Å². The summed E-state index contributed by atoms with van der Waals surface area (Å²) in [5, 5.41) is 10.6. The number of nitrogens with zero attached hydrogens (tertiary/aromatic N) is 2. The molecular formula is C76H64N2S. The predicted octanol–water partition coefficient (Wildman–Crippen LogP) is 21.3. The van der Waals surface area contributed by atoms with Gasteiger partial charge in [0.05, 0.1) is 17.1 Å². The van der Waals surface area contributed by atoms with Gasteiger partial charge in [-0.05, 0) is 145 Å². The molecule has 384 valence electrons. The van der Waals surface area contributed by atoms with Gasteiger partial charge in [-0.2, -0.15) is 0 Å². The molecule has 0 radical (unpaired) electrons. The Morgan fingerprint density at radius 3 is 1.97 bits per heavy atom. The molecule has 0 aliphatic heterocycles. The highest BCUT2D eigenvalue weighted by atomic mass is 32.1. The van der Waals surface area contributed by atoms with Crippen LogP contribution in [0.3, 0.4) is 0 Å². The van der Waals surface area contributed by atoms with E-state index < -0.39 is 0 Å². The molecule has 0 saturated heterocycles. The number of aryl methyl sites for hydroxylation is 1. The molecule has 13 aromatic rings. The standard InChI is InChI=1S/C76H64N2S/c1-5-48(3)74(57-46-68(73-66-31-18-20-35-70(66)79-71(73)47-57)64-43-41-56-44-54-25-13-14-26-55(54)45-67(56)63-42-40-52-24-15-16-29-61(52)72(63)64)77-75(53-38-36-51(37-39-53)50-22-9-7-10-23-50)59(6-2)49(4)60-32-21-33-65-62-30-17-19-34-69(62)78(76(60)65)58-27-11-8-12-28-58/h7-40,42,44-49,59,64,74H,5-6,41,43H2,1-4H3/b77-75-/t48?,49?,59-,64?,74?/m0/s1. The lowest BCUT2D eigenvalue weighted by molar-refractivity contribution is 0.453. The number of benzene rings is 11. The van der Waals surface area contributed by atoms with Crippen LogP contribution in [0.4, 0.5) is 0 Å². The lowest BCUT2D eigenvalue weighted by atomic mass is 9.78. The molecule has 5 atom stereocenters. The van der Waals surface area contributed by atoms with Gasteiger partial charge < -0.3 is 4.57 Å². The van der Waals surface area contributed by atoms with Crippen molar-refractivity contribution in [3.05, 3.63) is 270 Å². The zero-order valence-corrected chi connectivity index (χ0v) is 46.4. The minimum atomic E-state index is -0.102. The summed E-state index contributed by atoms with van der Waals surface area (Å²) in [6.45, 7) is 9.66. The Morgan fingerprint density at radius 1 is 0.544 bits per heavy atom. The van der Waals surface area contributed by atoms with E-state index in [9.17, 15) is 0 Å². The first kappa shape index (κ1) is 49.0. The Hall–Kier alpha value is -8.37. The molecule has 0 saturated carbocycles. The highest BCUT2D eigenvalue weighted by Crippen LogP contribution is 2.51. The van der Waals surface area contributed by atoms with Crippen LogP contribution in [0.25, 0.3) is 91.5 Å². The van der Waals surface area contributed by atoms with Gasteiger partial charge >= 0.3 is 0 Å². The molecule has 0 amide bonds. The third kappa shape index (κ3) is 8.49. The van der Waals surface area contributed by atoms with E-state index in [-0.39, 0.29) is 29.7 Å². The van der Waals surface area contributed by atoms with Gasteiger partial charge in [-0.3, -0.25) is 4.99 Å². The summed E-state index contributed by atoms with van der Waals surface area (Å²) in [5.41, 5.74) is 18.2. The number of fused-ring (bicyclic) bond motifs is 12. The molecule has 0 bridgehead atoms. The van der Waals surface area contributed by atoms with E-state index in [2.05, 4.69) is 269 Å². The summed E-state index contributed by atoms with van der Waals surface area (Å²) >= 11 is 1.95. The Morgan fingerprint density at radius 2 is 1.20 bits per heavy atom. The van der Waals surface area contributed by atoms with Crippen LogP contribution in [0.15, 0.2) is 242 Å². The number of hydrogen-bond acceptors (Lipinski definition) is 2. The third-order valence-electron chi connectivity index (χ3n) is 17.9.